The third-order valence-corrected chi connectivity index (χ3v) is 4.03. The quantitative estimate of drug-likeness (QED) is 0.762. The van der Waals surface area contributed by atoms with Crippen molar-refractivity contribution >= 4 is 11.6 Å². The second-order valence-corrected chi connectivity index (χ2v) is 6.13. The number of pyridine rings is 1. The van der Waals surface area contributed by atoms with Crippen molar-refractivity contribution in [2.24, 2.45) is 5.92 Å². The summed E-state index contributed by atoms with van der Waals surface area (Å²) in [6.45, 7) is 9.00. The Balaban J connectivity index is 2.19. The lowest BCUT2D eigenvalue weighted by Crippen LogP contribution is -2.36. The zero-order valence-electron chi connectivity index (χ0n) is 11.6. The lowest BCUT2D eigenvalue weighted by Gasteiger charge is -2.37. The van der Waals surface area contributed by atoms with Crippen LogP contribution in [0.25, 0.3) is 0 Å². The van der Waals surface area contributed by atoms with Gasteiger partial charge in [0.15, 0.2) is 0 Å². The average Bonchev–Trinajstić information content (AvgIpc) is 2.33. The molecular formula is C15H23ClN2. The fourth-order valence-corrected chi connectivity index (χ4v) is 2.92. The van der Waals surface area contributed by atoms with E-state index < -0.39 is 0 Å². The van der Waals surface area contributed by atoms with Crippen molar-refractivity contribution in [1.82, 2.24) is 9.88 Å². The maximum Gasteiger partial charge on any atom is 0.131 e. The van der Waals surface area contributed by atoms with Gasteiger partial charge in [-0.05, 0) is 49.4 Å². The van der Waals surface area contributed by atoms with E-state index in [9.17, 15) is 0 Å². The number of hydrogen-bond acceptors (Lipinski definition) is 2. The molecule has 1 aliphatic heterocycles. The summed E-state index contributed by atoms with van der Waals surface area (Å²) in [5.74, 6) is 0.715. The van der Waals surface area contributed by atoms with Gasteiger partial charge in [0.1, 0.15) is 5.15 Å². The molecule has 0 spiro atoms. The third kappa shape index (κ3) is 3.24. The lowest BCUT2D eigenvalue weighted by atomic mass is 9.94. The molecule has 0 aromatic carbocycles. The SMILES string of the molecule is Cc1cc([C@H]2CCCCN2CC(C)C)cnc1Cl. The van der Waals surface area contributed by atoms with Gasteiger partial charge in [-0.15, -0.1) is 0 Å². The third-order valence-electron chi connectivity index (χ3n) is 3.63. The number of likely N-dealkylation sites (tertiary alicyclic amines) is 1. The number of aryl methyl sites for hydroxylation is 1. The minimum atomic E-state index is 0.532. The number of aromatic nitrogens is 1. The van der Waals surface area contributed by atoms with Crippen LogP contribution in [0.1, 0.15) is 50.3 Å². The Bertz CT molecular complexity index is 403. The number of piperidine rings is 1. The van der Waals surface area contributed by atoms with Crippen molar-refractivity contribution < 1.29 is 0 Å². The van der Waals surface area contributed by atoms with Gasteiger partial charge in [0.25, 0.3) is 0 Å². The highest BCUT2D eigenvalue weighted by atomic mass is 35.5. The van der Waals surface area contributed by atoms with Gasteiger partial charge in [-0.2, -0.15) is 0 Å². The van der Waals surface area contributed by atoms with Crippen LogP contribution in [-0.4, -0.2) is 23.0 Å². The maximum atomic E-state index is 6.02. The first-order valence-electron chi connectivity index (χ1n) is 6.94. The van der Waals surface area contributed by atoms with Crippen LogP contribution in [0.5, 0.6) is 0 Å². The fourth-order valence-electron chi connectivity index (χ4n) is 2.82. The molecule has 0 N–H and O–H groups in total. The standard InChI is InChI=1S/C15H23ClN2/c1-11(2)10-18-7-5-4-6-14(18)13-8-12(3)15(16)17-9-13/h8-9,11,14H,4-7,10H2,1-3H3/t14-/m1/s1. The maximum absolute atomic E-state index is 6.02. The van der Waals surface area contributed by atoms with Crippen molar-refractivity contribution in [3.63, 3.8) is 0 Å². The summed E-state index contributed by atoms with van der Waals surface area (Å²) in [4.78, 5) is 6.92. The van der Waals surface area contributed by atoms with Crippen LogP contribution in [0.3, 0.4) is 0 Å². The largest absolute Gasteiger partial charge is 0.296 e. The van der Waals surface area contributed by atoms with Crippen molar-refractivity contribution in [2.45, 2.75) is 46.1 Å². The smallest absolute Gasteiger partial charge is 0.131 e. The summed E-state index contributed by atoms with van der Waals surface area (Å²) in [5, 5.41) is 0.630. The first-order valence-corrected chi connectivity index (χ1v) is 7.32. The minimum absolute atomic E-state index is 0.532. The molecule has 18 heavy (non-hydrogen) atoms. The first-order chi connectivity index (χ1) is 8.58. The van der Waals surface area contributed by atoms with Crippen LogP contribution < -0.4 is 0 Å². The monoisotopic (exact) mass is 266 g/mol. The second kappa shape index (κ2) is 6.03. The highest BCUT2D eigenvalue weighted by Gasteiger charge is 2.24. The number of nitrogens with zero attached hydrogens (tertiary/aromatic N) is 2. The highest BCUT2D eigenvalue weighted by Crippen LogP contribution is 2.32. The van der Waals surface area contributed by atoms with Crippen LogP contribution in [0.15, 0.2) is 12.3 Å². The minimum Gasteiger partial charge on any atom is -0.296 e. The van der Waals surface area contributed by atoms with Crippen LogP contribution in [0.4, 0.5) is 0 Å². The molecule has 1 saturated heterocycles. The molecule has 100 valence electrons. The zero-order chi connectivity index (χ0) is 13.1. The molecule has 0 saturated carbocycles. The predicted octanol–water partition coefficient (Wildman–Crippen LogP) is 4.23. The van der Waals surface area contributed by atoms with Gasteiger partial charge >= 0.3 is 0 Å². The first kappa shape index (κ1) is 13.8. The van der Waals surface area contributed by atoms with Crippen molar-refractivity contribution in [1.29, 1.82) is 0 Å². The molecule has 0 aliphatic carbocycles. The number of halogens is 1. The molecule has 0 unspecified atom stereocenters. The van der Waals surface area contributed by atoms with E-state index in [4.69, 9.17) is 11.6 Å². The molecule has 2 rings (SSSR count). The Morgan fingerprint density at radius 1 is 1.44 bits per heavy atom. The Labute approximate surface area is 115 Å². The van der Waals surface area contributed by atoms with E-state index >= 15 is 0 Å². The molecule has 1 aromatic heterocycles. The van der Waals surface area contributed by atoms with Gasteiger partial charge in [-0.1, -0.05) is 31.9 Å². The molecule has 0 amide bonds. The molecule has 0 radical (unpaired) electrons. The van der Waals surface area contributed by atoms with Crippen LogP contribution in [0.2, 0.25) is 5.15 Å². The van der Waals surface area contributed by atoms with Gasteiger partial charge in [0.2, 0.25) is 0 Å². The molecule has 3 heteroatoms. The van der Waals surface area contributed by atoms with Gasteiger partial charge < -0.3 is 0 Å². The summed E-state index contributed by atoms with van der Waals surface area (Å²) in [5.41, 5.74) is 2.42. The Kier molecular flexibility index (Phi) is 4.63. The van der Waals surface area contributed by atoms with Crippen LogP contribution in [0, 0.1) is 12.8 Å². The topological polar surface area (TPSA) is 16.1 Å². The normalized spacial score (nSPS) is 21.5. The van der Waals surface area contributed by atoms with Gasteiger partial charge in [0, 0.05) is 18.8 Å². The van der Waals surface area contributed by atoms with E-state index in [1.807, 2.05) is 13.1 Å². The highest BCUT2D eigenvalue weighted by molar-refractivity contribution is 6.30. The summed E-state index contributed by atoms with van der Waals surface area (Å²) >= 11 is 6.02. The summed E-state index contributed by atoms with van der Waals surface area (Å²) in [7, 11) is 0. The molecule has 1 aromatic rings. The van der Waals surface area contributed by atoms with Crippen molar-refractivity contribution in [3.05, 3.63) is 28.5 Å². The molecule has 1 atom stereocenters. The second-order valence-electron chi connectivity index (χ2n) is 5.78. The van der Waals surface area contributed by atoms with Crippen LogP contribution >= 0.6 is 11.6 Å². The number of rotatable bonds is 3. The Morgan fingerprint density at radius 3 is 2.89 bits per heavy atom. The zero-order valence-corrected chi connectivity index (χ0v) is 12.4. The predicted molar refractivity (Wildman–Crippen MR) is 77.0 cm³/mol. The Morgan fingerprint density at radius 2 is 2.22 bits per heavy atom. The summed E-state index contributed by atoms with van der Waals surface area (Å²) in [6.07, 6.45) is 5.85. The van der Waals surface area contributed by atoms with E-state index in [-0.39, 0.29) is 0 Å². The van der Waals surface area contributed by atoms with Gasteiger partial charge in [-0.3, -0.25) is 4.90 Å². The fraction of sp³-hybridized carbons (Fsp3) is 0.667. The van der Waals surface area contributed by atoms with E-state index in [0.29, 0.717) is 17.1 Å². The van der Waals surface area contributed by atoms with E-state index in [0.717, 1.165) is 5.56 Å². The molecule has 0 bridgehead atoms. The van der Waals surface area contributed by atoms with Crippen LogP contribution in [-0.2, 0) is 0 Å². The molecule has 2 nitrogen and oxygen atoms in total. The molecule has 2 heterocycles. The molecular weight excluding hydrogens is 244 g/mol. The average molecular weight is 267 g/mol. The van der Waals surface area contributed by atoms with Gasteiger partial charge in [-0.25, -0.2) is 4.98 Å². The molecule has 1 aliphatic rings. The van der Waals surface area contributed by atoms with Gasteiger partial charge in [0.05, 0.1) is 0 Å². The summed E-state index contributed by atoms with van der Waals surface area (Å²) in [6, 6.07) is 2.74. The Hall–Kier alpha value is -0.600. The summed E-state index contributed by atoms with van der Waals surface area (Å²) < 4.78 is 0. The van der Waals surface area contributed by atoms with E-state index in [2.05, 4.69) is 29.8 Å². The van der Waals surface area contributed by atoms with Crippen molar-refractivity contribution in [2.75, 3.05) is 13.1 Å². The van der Waals surface area contributed by atoms with Crippen molar-refractivity contribution in [3.8, 4) is 0 Å². The van der Waals surface area contributed by atoms with E-state index in [1.54, 1.807) is 0 Å². The lowest BCUT2D eigenvalue weighted by molar-refractivity contribution is 0.132. The van der Waals surface area contributed by atoms with E-state index in [1.165, 1.54) is 37.9 Å². The number of hydrogen-bond donors (Lipinski definition) is 0. The molecule has 1 fully saturated rings.